The summed E-state index contributed by atoms with van der Waals surface area (Å²) in [5.41, 5.74) is 0. The van der Waals surface area contributed by atoms with Crippen LogP contribution in [-0.2, 0) is 28.6 Å². The molecule has 0 aromatic heterocycles. The Labute approximate surface area is 382 Å². The number of carbonyl (C=O) groups excluding carboxylic acids is 3. The maximum Gasteiger partial charge on any atom is 0.306 e. The average Bonchev–Trinajstić information content (AvgIpc) is 3.27. The summed E-state index contributed by atoms with van der Waals surface area (Å²) in [5, 5.41) is 0. The van der Waals surface area contributed by atoms with Gasteiger partial charge in [0.15, 0.2) is 6.10 Å². The minimum absolute atomic E-state index is 0.0916. The molecule has 0 fully saturated rings. The third kappa shape index (κ3) is 47.6. The first-order valence-corrected chi connectivity index (χ1v) is 25.7. The van der Waals surface area contributed by atoms with Gasteiger partial charge in [0.05, 0.1) is 0 Å². The van der Waals surface area contributed by atoms with E-state index in [1.165, 1.54) is 122 Å². The molecule has 1 unspecified atom stereocenters. The first kappa shape index (κ1) is 58.6. The third-order valence-corrected chi connectivity index (χ3v) is 10.8. The summed E-state index contributed by atoms with van der Waals surface area (Å²) < 4.78 is 16.8. The van der Waals surface area contributed by atoms with Crippen LogP contribution < -0.4 is 0 Å². The monoisotopic (exact) mass is 863 g/mol. The molecule has 0 aliphatic rings. The normalized spacial score (nSPS) is 12.8. The summed E-state index contributed by atoms with van der Waals surface area (Å²) in [6, 6.07) is 0. The molecule has 6 nitrogen and oxygen atoms in total. The van der Waals surface area contributed by atoms with Crippen molar-refractivity contribution in [3.63, 3.8) is 0 Å². The second-order valence-corrected chi connectivity index (χ2v) is 16.9. The Morgan fingerprint density at radius 1 is 0.339 bits per heavy atom. The maximum absolute atomic E-state index is 12.8. The summed E-state index contributed by atoms with van der Waals surface area (Å²) in [4.78, 5) is 38.0. The quantitative estimate of drug-likeness (QED) is 0.0199. The van der Waals surface area contributed by atoms with Gasteiger partial charge in [0.1, 0.15) is 13.2 Å². The lowest BCUT2D eigenvalue weighted by Crippen LogP contribution is -2.30. The van der Waals surface area contributed by atoms with Crippen molar-refractivity contribution in [3.8, 4) is 0 Å². The molecule has 0 saturated carbocycles. The van der Waals surface area contributed by atoms with Gasteiger partial charge in [-0.1, -0.05) is 234 Å². The standard InChI is InChI=1S/C56H94O6/c1-4-7-10-13-16-19-22-25-27-28-30-31-34-37-40-43-46-49-55(58)61-52-53(51-60-54(57)48-45-42-39-36-33-24-21-18-15-12-9-6-3)62-56(59)50-47-44-41-38-35-32-29-26-23-20-17-14-11-8-5-2/h7,10,13,16,19-20,22-23,25,27-28,30-31,34,53H,4-6,8-9,11-12,14-15,17-18,21,24,26,29,32-33,35-52H2,1-3H3/b10-7-,16-13-,22-19-,23-20-,27-25-,30-28+,34-31-. The number of unbranched alkanes of at least 4 members (excludes halogenated alkanes) is 25. The zero-order chi connectivity index (χ0) is 45.1. The molecule has 0 radical (unpaired) electrons. The molecule has 0 saturated heterocycles. The third-order valence-electron chi connectivity index (χ3n) is 10.8. The molecule has 0 bridgehead atoms. The van der Waals surface area contributed by atoms with Crippen LogP contribution in [0, 0.1) is 0 Å². The molecule has 354 valence electrons. The van der Waals surface area contributed by atoms with Gasteiger partial charge in [-0.3, -0.25) is 14.4 Å². The van der Waals surface area contributed by atoms with Gasteiger partial charge in [-0.05, 0) is 64.2 Å². The van der Waals surface area contributed by atoms with E-state index in [9.17, 15) is 14.4 Å². The van der Waals surface area contributed by atoms with Crippen molar-refractivity contribution in [2.75, 3.05) is 13.2 Å². The van der Waals surface area contributed by atoms with Gasteiger partial charge >= 0.3 is 17.9 Å². The van der Waals surface area contributed by atoms with Crippen molar-refractivity contribution in [1.29, 1.82) is 0 Å². The molecule has 0 heterocycles. The first-order valence-electron chi connectivity index (χ1n) is 25.7. The Balaban J connectivity index is 4.48. The van der Waals surface area contributed by atoms with Gasteiger partial charge in [-0.2, -0.15) is 0 Å². The highest BCUT2D eigenvalue weighted by atomic mass is 16.6. The molecule has 0 aliphatic carbocycles. The summed E-state index contributed by atoms with van der Waals surface area (Å²) >= 11 is 0. The summed E-state index contributed by atoms with van der Waals surface area (Å²) in [6.07, 6.45) is 64.1. The van der Waals surface area contributed by atoms with E-state index >= 15 is 0 Å². The molecule has 0 N–H and O–H groups in total. The Bertz CT molecular complexity index is 1220. The zero-order valence-electron chi connectivity index (χ0n) is 40.4. The van der Waals surface area contributed by atoms with Crippen LogP contribution in [0.5, 0.6) is 0 Å². The Morgan fingerprint density at radius 3 is 1.06 bits per heavy atom. The molecule has 0 spiro atoms. The van der Waals surface area contributed by atoms with Gasteiger partial charge in [0.2, 0.25) is 0 Å². The van der Waals surface area contributed by atoms with Crippen LogP contribution in [0.25, 0.3) is 0 Å². The number of hydrogen-bond donors (Lipinski definition) is 0. The van der Waals surface area contributed by atoms with Gasteiger partial charge < -0.3 is 14.2 Å². The maximum atomic E-state index is 12.8. The number of allylic oxidation sites excluding steroid dienone is 14. The second-order valence-electron chi connectivity index (χ2n) is 16.9. The fourth-order valence-corrected chi connectivity index (χ4v) is 6.94. The number of carbonyl (C=O) groups is 3. The molecule has 1 atom stereocenters. The SMILES string of the molecule is CC\C=C/C=C\C=C/C=C\C=C\C=C/CCCCCC(=O)OCC(COC(=O)CCCCCCCCCCCCCC)OC(=O)CCCCCCCCC/C=C\CCCCCC. The predicted molar refractivity (Wildman–Crippen MR) is 265 cm³/mol. The van der Waals surface area contributed by atoms with Gasteiger partial charge in [-0.15, -0.1) is 0 Å². The summed E-state index contributed by atoms with van der Waals surface area (Å²) in [6.45, 7) is 6.43. The predicted octanol–water partition coefficient (Wildman–Crippen LogP) is 16.8. The van der Waals surface area contributed by atoms with Gasteiger partial charge in [0, 0.05) is 19.3 Å². The fraction of sp³-hybridized carbons (Fsp3) is 0.696. The van der Waals surface area contributed by atoms with Crippen molar-refractivity contribution < 1.29 is 28.6 Å². The lowest BCUT2D eigenvalue weighted by Gasteiger charge is -2.18. The highest BCUT2D eigenvalue weighted by molar-refractivity contribution is 5.71. The van der Waals surface area contributed by atoms with E-state index < -0.39 is 6.10 Å². The number of rotatable bonds is 45. The number of ether oxygens (including phenoxy) is 3. The molecule has 62 heavy (non-hydrogen) atoms. The Morgan fingerprint density at radius 2 is 0.645 bits per heavy atom. The van der Waals surface area contributed by atoms with Crippen molar-refractivity contribution in [3.05, 3.63) is 85.1 Å². The van der Waals surface area contributed by atoms with Gasteiger partial charge in [0.25, 0.3) is 0 Å². The van der Waals surface area contributed by atoms with Crippen molar-refractivity contribution in [1.82, 2.24) is 0 Å². The molecule has 0 rings (SSSR count). The van der Waals surface area contributed by atoms with E-state index in [1.807, 2.05) is 60.8 Å². The minimum atomic E-state index is -0.795. The summed E-state index contributed by atoms with van der Waals surface area (Å²) in [5.74, 6) is -0.941. The largest absolute Gasteiger partial charge is 0.462 e. The van der Waals surface area contributed by atoms with E-state index in [4.69, 9.17) is 14.2 Å². The average molecular weight is 863 g/mol. The highest BCUT2D eigenvalue weighted by Crippen LogP contribution is 2.15. The zero-order valence-corrected chi connectivity index (χ0v) is 40.4. The van der Waals surface area contributed by atoms with E-state index in [-0.39, 0.29) is 31.1 Å². The van der Waals surface area contributed by atoms with Gasteiger partial charge in [-0.25, -0.2) is 0 Å². The fourth-order valence-electron chi connectivity index (χ4n) is 6.94. The van der Waals surface area contributed by atoms with Crippen LogP contribution in [-0.4, -0.2) is 37.2 Å². The highest BCUT2D eigenvalue weighted by Gasteiger charge is 2.19. The topological polar surface area (TPSA) is 78.9 Å². The van der Waals surface area contributed by atoms with E-state index in [0.717, 1.165) is 70.6 Å². The molecule has 0 aliphatic heterocycles. The molecule has 0 aromatic rings. The Hall–Kier alpha value is -3.41. The molecule has 0 aromatic carbocycles. The van der Waals surface area contributed by atoms with Crippen LogP contribution in [0.2, 0.25) is 0 Å². The second kappa shape index (κ2) is 50.2. The van der Waals surface area contributed by atoms with Crippen LogP contribution in [0.15, 0.2) is 85.1 Å². The molecular formula is C56H94O6. The van der Waals surface area contributed by atoms with Crippen molar-refractivity contribution in [2.45, 2.75) is 239 Å². The smallest absolute Gasteiger partial charge is 0.306 e. The van der Waals surface area contributed by atoms with Crippen LogP contribution in [0.1, 0.15) is 233 Å². The van der Waals surface area contributed by atoms with Crippen molar-refractivity contribution >= 4 is 17.9 Å². The van der Waals surface area contributed by atoms with Crippen molar-refractivity contribution in [2.24, 2.45) is 0 Å². The lowest BCUT2D eigenvalue weighted by atomic mass is 10.0. The first-order chi connectivity index (χ1) is 30.5. The molecule has 6 heteroatoms. The summed E-state index contributed by atoms with van der Waals surface area (Å²) in [7, 11) is 0. The van der Waals surface area contributed by atoms with Crippen LogP contribution in [0.4, 0.5) is 0 Å². The molecule has 0 amide bonds. The molecular weight excluding hydrogens is 769 g/mol. The van der Waals surface area contributed by atoms with E-state index in [1.54, 1.807) is 0 Å². The van der Waals surface area contributed by atoms with E-state index in [2.05, 4.69) is 45.1 Å². The Kier molecular flexibility index (Phi) is 47.5. The van der Waals surface area contributed by atoms with Crippen LogP contribution in [0.3, 0.4) is 0 Å². The lowest BCUT2D eigenvalue weighted by molar-refractivity contribution is -0.167. The minimum Gasteiger partial charge on any atom is -0.462 e. The number of esters is 3. The van der Waals surface area contributed by atoms with E-state index in [0.29, 0.717) is 19.3 Å². The van der Waals surface area contributed by atoms with Crippen LogP contribution >= 0.6 is 0 Å². The number of hydrogen-bond acceptors (Lipinski definition) is 6.